The number of aromatic nitrogens is 1. The van der Waals surface area contributed by atoms with Gasteiger partial charge in [-0.1, -0.05) is 0 Å². The first-order valence-corrected chi connectivity index (χ1v) is 8.50. The lowest BCUT2D eigenvalue weighted by atomic mass is 10.1. The van der Waals surface area contributed by atoms with Crippen LogP contribution >= 0.6 is 11.3 Å². The topological polar surface area (TPSA) is 94.6 Å². The van der Waals surface area contributed by atoms with Crippen LogP contribution in [0.15, 0.2) is 24.5 Å². The summed E-state index contributed by atoms with van der Waals surface area (Å²) >= 11 is 1.19. The molecule has 2 aromatic rings. The monoisotopic (exact) mass is 362 g/mol. The lowest BCUT2D eigenvalue weighted by molar-refractivity contribution is -0.152. The van der Waals surface area contributed by atoms with Crippen LogP contribution in [0.3, 0.4) is 0 Å². The van der Waals surface area contributed by atoms with Gasteiger partial charge in [0.25, 0.3) is 0 Å². The first-order chi connectivity index (χ1) is 12.0. The highest BCUT2D eigenvalue weighted by atomic mass is 32.1. The van der Waals surface area contributed by atoms with Gasteiger partial charge in [0, 0.05) is 17.3 Å². The molecule has 0 spiro atoms. The summed E-state index contributed by atoms with van der Waals surface area (Å²) in [5.41, 5.74) is 1.74. The molecule has 25 heavy (non-hydrogen) atoms. The molecular formula is C17H18N2O5S. The molecule has 0 fully saturated rings. The van der Waals surface area contributed by atoms with E-state index >= 15 is 0 Å². The normalized spacial score (nSPS) is 10.2. The summed E-state index contributed by atoms with van der Waals surface area (Å²) < 4.78 is 9.75. The van der Waals surface area contributed by atoms with Gasteiger partial charge in [0.1, 0.15) is 5.00 Å². The van der Waals surface area contributed by atoms with E-state index in [1.165, 1.54) is 11.3 Å². The maximum atomic E-state index is 12.3. The fraction of sp³-hybridized carbons (Fsp3) is 0.294. The minimum atomic E-state index is -1.01. The van der Waals surface area contributed by atoms with Gasteiger partial charge in [-0.05, 0) is 44.0 Å². The van der Waals surface area contributed by atoms with E-state index in [0.717, 1.165) is 10.4 Å². The van der Waals surface area contributed by atoms with E-state index in [1.54, 1.807) is 45.3 Å². The highest BCUT2D eigenvalue weighted by Crippen LogP contribution is 2.40. The summed E-state index contributed by atoms with van der Waals surface area (Å²) in [4.78, 5) is 40.6. The molecular weight excluding hydrogens is 344 g/mol. The van der Waals surface area contributed by atoms with Gasteiger partial charge in [-0.3, -0.25) is 9.78 Å². The van der Waals surface area contributed by atoms with Crippen molar-refractivity contribution in [2.75, 3.05) is 18.5 Å². The fourth-order valence-corrected chi connectivity index (χ4v) is 3.38. The minimum absolute atomic E-state index is 0.0860. The molecule has 7 nitrogen and oxygen atoms in total. The Morgan fingerprint density at radius 2 is 1.76 bits per heavy atom. The zero-order valence-corrected chi connectivity index (χ0v) is 14.9. The molecule has 0 saturated carbocycles. The first kappa shape index (κ1) is 18.6. The van der Waals surface area contributed by atoms with Crippen molar-refractivity contribution in [3.05, 3.63) is 35.7 Å². The van der Waals surface area contributed by atoms with Crippen LogP contribution in [0.5, 0.6) is 0 Å². The Bertz CT molecular complexity index is 786. The van der Waals surface area contributed by atoms with Gasteiger partial charge in [-0.15, -0.1) is 11.3 Å². The Balaban J connectivity index is 2.45. The maximum absolute atomic E-state index is 12.3. The smallest absolute Gasteiger partial charge is 0.397 e. The van der Waals surface area contributed by atoms with E-state index < -0.39 is 17.8 Å². The molecule has 0 atom stereocenters. The van der Waals surface area contributed by atoms with E-state index in [9.17, 15) is 14.4 Å². The number of carbonyl (C=O) groups is 3. The third-order valence-electron chi connectivity index (χ3n) is 3.26. The molecule has 0 aliphatic carbocycles. The zero-order chi connectivity index (χ0) is 18.4. The number of thiophene rings is 1. The molecule has 1 N–H and O–H groups in total. The summed E-state index contributed by atoms with van der Waals surface area (Å²) in [6, 6.07) is 3.59. The molecule has 132 valence electrons. The summed E-state index contributed by atoms with van der Waals surface area (Å²) in [5, 5.41) is 2.70. The standard InChI is InChI=1S/C17H18N2O5S/c1-4-23-16(21)12-10(3)13(11-6-8-18-9-7-11)25-15(12)19-14(20)17(22)24-5-2/h6-9H,4-5H2,1-3H3,(H,19,20). The Hall–Kier alpha value is -2.74. The number of carbonyl (C=O) groups excluding carboxylic acids is 3. The number of hydrogen-bond donors (Lipinski definition) is 1. The van der Waals surface area contributed by atoms with Crippen molar-refractivity contribution in [2.24, 2.45) is 0 Å². The van der Waals surface area contributed by atoms with Gasteiger partial charge in [0.15, 0.2) is 0 Å². The molecule has 0 aliphatic heterocycles. The second-order valence-electron chi connectivity index (χ2n) is 4.89. The molecule has 0 aromatic carbocycles. The maximum Gasteiger partial charge on any atom is 0.397 e. The Kier molecular flexibility index (Phi) is 6.24. The zero-order valence-electron chi connectivity index (χ0n) is 14.1. The van der Waals surface area contributed by atoms with E-state index in [4.69, 9.17) is 4.74 Å². The molecule has 0 aliphatic rings. The van der Waals surface area contributed by atoms with E-state index in [0.29, 0.717) is 5.56 Å². The molecule has 0 unspecified atom stereocenters. The molecule has 0 saturated heterocycles. The van der Waals surface area contributed by atoms with E-state index in [2.05, 4.69) is 15.0 Å². The molecule has 1 amide bonds. The number of nitrogens with one attached hydrogen (secondary N) is 1. The van der Waals surface area contributed by atoms with Crippen molar-refractivity contribution in [3.63, 3.8) is 0 Å². The number of anilines is 1. The Morgan fingerprint density at radius 1 is 1.12 bits per heavy atom. The van der Waals surface area contributed by atoms with Crippen LogP contribution in [-0.2, 0) is 19.1 Å². The quantitative estimate of drug-likeness (QED) is 0.649. The number of ether oxygens (including phenoxy) is 2. The highest BCUT2D eigenvalue weighted by molar-refractivity contribution is 7.20. The van der Waals surface area contributed by atoms with Crippen LogP contribution < -0.4 is 5.32 Å². The molecule has 0 bridgehead atoms. The third-order valence-corrected chi connectivity index (χ3v) is 4.51. The second kappa shape index (κ2) is 8.39. The Labute approximate surface area is 149 Å². The van der Waals surface area contributed by atoms with Crippen LogP contribution in [0.1, 0.15) is 29.8 Å². The predicted octanol–water partition coefficient (Wildman–Crippen LogP) is 2.80. The SMILES string of the molecule is CCOC(=O)C(=O)Nc1sc(-c2ccncc2)c(C)c1C(=O)OCC. The van der Waals surface area contributed by atoms with Crippen LogP contribution in [0, 0.1) is 6.92 Å². The molecule has 0 radical (unpaired) electrons. The lowest BCUT2D eigenvalue weighted by Gasteiger charge is -2.06. The van der Waals surface area contributed by atoms with Gasteiger partial charge >= 0.3 is 17.8 Å². The van der Waals surface area contributed by atoms with Crippen LogP contribution in [-0.4, -0.2) is 36.0 Å². The van der Waals surface area contributed by atoms with Crippen molar-refractivity contribution in [1.82, 2.24) is 4.98 Å². The number of pyridine rings is 1. The number of hydrogen-bond acceptors (Lipinski definition) is 7. The number of rotatable bonds is 5. The summed E-state index contributed by atoms with van der Waals surface area (Å²) in [6.45, 7) is 5.34. The average molecular weight is 362 g/mol. The van der Waals surface area contributed by atoms with Gasteiger partial charge < -0.3 is 14.8 Å². The number of amides is 1. The van der Waals surface area contributed by atoms with Crippen molar-refractivity contribution < 1.29 is 23.9 Å². The second-order valence-corrected chi connectivity index (χ2v) is 5.91. The highest BCUT2D eigenvalue weighted by Gasteiger charge is 2.26. The molecule has 2 heterocycles. The van der Waals surface area contributed by atoms with Crippen molar-refractivity contribution in [2.45, 2.75) is 20.8 Å². The molecule has 2 aromatic heterocycles. The lowest BCUT2D eigenvalue weighted by Crippen LogP contribution is -2.25. The Morgan fingerprint density at radius 3 is 2.36 bits per heavy atom. The van der Waals surface area contributed by atoms with Crippen LogP contribution in [0.25, 0.3) is 10.4 Å². The number of nitrogens with zero attached hydrogens (tertiary/aromatic N) is 1. The summed E-state index contributed by atoms with van der Waals surface area (Å²) in [5.74, 6) is -2.50. The number of esters is 2. The van der Waals surface area contributed by atoms with Crippen molar-refractivity contribution in [1.29, 1.82) is 0 Å². The van der Waals surface area contributed by atoms with Crippen LogP contribution in [0.2, 0.25) is 0 Å². The summed E-state index contributed by atoms with van der Waals surface area (Å²) in [7, 11) is 0. The average Bonchev–Trinajstić information content (AvgIpc) is 2.92. The third kappa shape index (κ3) is 4.21. The van der Waals surface area contributed by atoms with Gasteiger partial charge in [0.05, 0.1) is 18.8 Å². The van der Waals surface area contributed by atoms with Gasteiger partial charge in [0.2, 0.25) is 0 Å². The van der Waals surface area contributed by atoms with Crippen molar-refractivity contribution >= 4 is 34.2 Å². The molecule has 8 heteroatoms. The largest absolute Gasteiger partial charge is 0.462 e. The van der Waals surface area contributed by atoms with Gasteiger partial charge in [-0.2, -0.15) is 0 Å². The van der Waals surface area contributed by atoms with Crippen molar-refractivity contribution in [3.8, 4) is 10.4 Å². The first-order valence-electron chi connectivity index (χ1n) is 7.68. The van der Waals surface area contributed by atoms with Gasteiger partial charge in [-0.25, -0.2) is 9.59 Å². The minimum Gasteiger partial charge on any atom is -0.462 e. The summed E-state index contributed by atoms with van der Waals surface area (Å²) in [6.07, 6.45) is 3.27. The van der Waals surface area contributed by atoms with E-state index in [1.807, 2.05) is 0 Å². The predicted molar refractivity (Wildman–Crippen MR) is 93.5 cm³/mol. The fourth-order valence-electron chi connectivity index (χ4n) is 2.18. The van der Waals surface area contributed by atoms with Crippen LogP contribution in [0.4, 0.5) is 5.00 Å². The molecule has 2 rings (SSSR count). The van der Waals surface area contributed by atoms with E-state index in [-0.39, 0.29) is 23.8 Å².